The second kappa shape index (κ2) is 6.69. The van der Waals surface area contributed by atoms with Crippen LogP contribution in [-0.2, 0) is 11.2 Å². The molecule has 1 aliphatic rings. The minimum Gasteiger partial charge on any atom is -0.370 e. The summed E-state index contributed by atoms with van der Waals surface area (Å²) < 4.78 is 18.9. The quantitative estimate of drug-likeness (QED) is 0.707. The molecule has 1 aromatic rings. The van der Waals surface area contributed by atoms with Crippen molar-refractivity contribution in [2.75, 3.05) is 0 Å². The van der Waals surface area contributed by atoms with Crippen LogP contribution >= 0.6 is 0 Å². The van der Waals surface area contributed by atoms with E-state index in [2.05, 4.69) is 19.1 Å². The third kappa shape index (κ3) is 3.95. The Morgan fingerprint density at radius 3 is 2.78 bits per heavy atom. The first-order chi connectivity index (χ1) is 8.78. The molecule has 0 N–H and O–H groups in total. The first kappa shape index (κ1) is 13.3. The molecule has 1 aliphatic heterocycles. The molecule has 0 aromatic heterocycles. The first-order valence-corrected chi connectivity index (χ1v) is 6.84. The number of ether oxygens (including phenoxy) is 1. The van der Waals surface area contributed by atoms with Crippen LogP contribution in [0.15, 0.2) is 36.4 Å². The molecule has 0 radical (unpaired) electrons. The van der Waals surface area contributed by atoms with Gasteiger partial charge in [-0.25, -0.2) is 4.39 Å². The molecule has 1 aromatic carbocycles. The minimum atomic E-state index is -0.181. The first-order valence-electron chi connectivity index (χ1n) is 6.84. The van der Waals surface area contributed by atoms with Gasteiger partial charge in [0, 0.05) is 6.42 Å². The molecule has 98 valence electrons. The van der Waals surface area contributed by atoms with E-state index in [0.29, 0.717) is 6.10 Å². The van der Waals surface area contributed by atoms with Gasteiger partial charge in [-0.05, 0) is 30.5 Å². The molecule has 0 spiro atoms. The van der Waals surface area contributed by atoms with Gasteiger partial charge < -0.3 is 4.74 Å². The van der Waals surface area contributed by atoms with E-state index in [1.165, 1.54) is 25.0 Å². The Morgan fingerprint density at radius 1 is 1.28 bits per heavy atom. The third-order valence-corrected chi connectivity index (χ3v) is 3.35. The Kier molecular flexibility index (Phi) is 4.94. The Hall–Kier alpha value is -1.15. The van der Waals surface area contributed by atoms with Gasteiger partial charge in [0.1, 0.15) is 5.82 Å². The van der Waals surface area contributed by atoms with Crippen molar-refractivity contribution in [3.05, 3.63) is 47.8 Å². The summed E-state index contributed by atoms with van der Waals surface area (Å²) in [7, 11) is 0. The number of rotatable bonds is 5. The maximum absolute atomic E-state index is 12.8. The van der Waals surface area contributed by atoms with Crippen LogP contribution in [0.25, 0.3) is 0 Å². The third-order valence-electron chi connectivity index (χ3n) is 3.35. The monoisotopic (exact) mass is 248 g/mol. The summed E-state index contributed by atoms with van der Waals surface area (Å²) in [6.45, 7) is 2.20. The smallest absolute Gasteiger partial charge is 0.123 e. The summed E-state index contributed by atoms with van der Waals surface area (Å²) in [5, 5.41) is 0. The molecule has 0 saturated carbocycles. The van der Waals surface area contributed by atoms with Crippen molar-refractivity contribution in [3.63, 3.8) is 0 Å². The van der Waals surface area contributed by atoms with E-state index in [0.717, 1.165) is 24.8 Å². The summed E-state index contributed by atoms with van der Waals surface area (Å²) in [5.41, 5.74) is 1.13. The van der Waals surface area contributed by atoms with Crippen molar-refractivity contribution >= 4 is 0 Å². The van der Waals surface area contributed by atoms with Crippen LogP contribution < -0.4 is 0 Å². The zero-order valence-electron chi connectivity index (χ0n) is 10.9. The lowest BCUT2D eigenvalue weighted by Crippen LogP contribution is -2.25. The lowest BCUT2D eigenvalue weighted by atomic mass is 10.0. The maximum Gasteiger partial charge on any atom is 0.123 e. The average molecular weight is 248 g/mol. The van der Waals surface area contributed by atoms with Crippen LogP contribution in [0.3, 0.4) is 0 Å². The predicted octanol–water partition coefficient (Wildman–Crippen LogP) is 4.27. The van der Waals surface area contributed by atoms with Gasteiger partial charge in [-0.2, -0.15) is 0 Å². The standard InChI is InChI=1S/C16H21FO/c1-2-3-5-15-6-4-7-16(18-15)12-13-8-10-14(17)11-9-13/h4,7-11,15-16H,2-3,5-6,12H2,1H3/t15-,16-/m0/s1. The van der Waals surface area contributed by atoms with Crippen molar-refractivity contribution in [1.82, 2.24) is 0 Å². The lowest BCUT2D eigenvalue weighted by molar-refractivity contribution is 0.00111. The molecular weight excluding hydrogens is 227 g/mol. The van der Waals surface area contributed by atoms with Crippen LogP contribution in [0.5, 0.6) is 0 Å². The van der Waals surface area contributed by atoms with Crippen molar-refractivity contribution in [1.29, 1.82) is 0 Å². The highest BCUT2D eigenvalue weighted by molar-refractivity contribution is 5.18. The minimum absolute atomic E-state index is 0.145. The molecule has 2 heteroatoms. The Balaban J connectivity index is 1.87. The van der Waals surface area contributed by atoms with Gasteiger partial charge in [0.25, 0.3) is 0 Å². The normalized spacial score (nSPS) is 23.2. The van der Waals surface area contributed by atoms with E-state index in [9.17, 15) is 4.39 Å². The summed E-state index contributed by atoms with van der Waals surface area (Å²) in [5.74, 6) is -0.181. The van der Waals surface area contributed by atoms with Gasteiger partial charge in [0.15, 0.2) is 0 Å². The molecule has 0 amide bonds. The van der Waals surface area contributed by atoms with E-state index < -0.39 is 0 Å². The number of unbranched alkanes of at least 4 members (excludes halogenated alkanes) is 1. The molecule has 0 unspecified atom stereocenters. The van der Waals surface area contributed by atoms with Crippen LogP contribution in [-0.4, -0.2) is 12.2 Å². The molecule has 2 atom stereocenters. The molecule has 18 heavy (non-hydrogen) atoms. The van der Waals surface area contributed by atoms with E-state index in [-0.39, 0.29) is 11.9 Å². The van der Waals surface area contributed by atoms with Crippen LogP contribution in [0.1, 0.15) is 38.2 Å². The van der Waals surface area contributed by atoms with Gasteiger partial charge in [-0.3, -0.25) is 0 Å². The van der Waals surface area contributed by atoms with Crippen LogP contribution in [0, 0.1) is 5.82 Å². The number of halogens is 1. The summed E-state index contributed by atoms with van der Waals surface area (Å²) in [6.07, 6.45) is 10.3. The number of hydrogen-bond donors (Lipinski definition) is 0. The van der Waals surface area contributed by atoms with Crippen LogP contribution in [0.2, 0.25) is 0 Å². The van der Waals surface area contributed by atoms with Crippen molar-refractivity contribution in [2.24, 2.45) is 0 Å². The fraction of sp³-hybridized carbons (Fsp3) is 0.500. The molecular formula is C16H21FO. The lowest BCUT2D eigenvalue weighted by Gasteiger charge is -2.26. The summed E-state index contributed by atoms with van der Waals surface area (Å²) in [4.78, 5) is 0. The van der Waals surface area contributed by atoms with Crippen LogP contribution in [0.4, 0.5) is 4.39 Å². The molecule has 1 heterocycles. The average Bonchev–Trinajstić information content (AvgIpc) is 2.40. The van der Waals surface area contributed by atoms with E-state index >= 15 is 0 Å². The summed E-state index contributed by atoms with van der Waals surface area (Å²) in [6, 6.07) is 6.69. The maximum atomic E-state index is 12.8. The van der Waals surface area contributed by atoms with Gasteiger partial charge in [-0.15, -0.1) is 0 Å². The molecule has 0 fully saturated rings. The Morgan fingerprint density at radius 2 is 2.06 bits per heavy atom. The van der Waals surface area contributed by atoms with Crippen molar-refractivity contribution in [2.45, 2.75) is 51.2 Å². The van der Waals surface area contributed by atoms with Gasteiger partial charge in [-0.1, -0.05) is 44.1 Å². The fourth-order valence-corrected chi connectivity index (χ4v) is 2.32. The van der Waals surface area contributed by atoms with Gasteiger partial charge in [0.2, 0.25) is 0 Å². The molecule has 0 bridgehead atoms. The molecule has 0 aliphatic carbocycles. The topological polar surface area (TPSA) is 9.23 Å². The largest absolute Gasteiger partial charge is 0.370 e. The van der Waals surface area contributed by atoms with Crippen molar-refractivity contribution in [3.8, 4) is 0 Å². The number of benzene rings is 1. The highest BCUT2D eigenvalue weighted by atomic mass is 19.1. The van der Waals surface area contributed by atoms with Crippen molar-refractivity contribution < 1.29 is 9.13 Å². The SMILES string of the molecule is CCCC[C@H]1CC=C[C@@H](Cc2ccc(F)cc2)O1. The van der Waals surface area contributed by atoms with E-state index in [1.807, 2.05) is 12.1 Å². The van der Waals surface area contributed by atoms with Gasteiger partial charge >= 0.3 is 0 Å². The Bertz CT molecular complexity index is 383. The predicted molar refractivity (Wildman–Crippen MR) is 72.0 cm³/mol. The zero-order valence-corrected chi connectivity index (χ0v) is 10.9. The highest BCUT2D eigenvalue weighted by Crippen LogP contribution is 2.20. The Labute approximate surface area is 109 Å². The molecule has 1 nitrogen and oxygen atoms in total. The molecule has 0 saturated heterocycles. The second-order valence-corrected chi connectivity index (χ2v) is 4.93. The summed E-state index contributed by atoms with van der Waals surface area (Å²) >= 11 is 0. The van der Waals surface area contributed by atoms with E-state index in [1.54, 1.807) is 0 Å². The zero-order chi connectivity index (χ0) is 12.8. The number of hydrogen-bond acceptors (Lipinski definition) is 1. The second-order valence-electron chi connectivity index (χ2n) is 4.93. The fourth-order valence-electron chi connectivity index (χ4n) is 2.32. The highest BCUT2D eigenvalue weighted by Gasteiger charge is 2.17. The van der Waals surface area contributed by atoms with E-state index in [4.69, 9.17) is 4.74 Å². The molecule has 2 rings (SSSR count). The van der Waals surface area contributed by atoms with Gasteiger partial charge in [0.05, 0.1) is 12.2 Å².